The van der Waals surface area contributed by atoms with Crippen LogP contribution in [0.25, 0.3) is 11.1 Å². The van der Waals surface area contributed by atoms with Crippen LogP contribution in [-0.4, -0.2) is 25.0 Å². The summed E-state index contributed by atoms with van der Waals surface area (Å²) in [6, 6.07) is 24.1. The molecule has 0 aliphatic heterocycles. The van der Waals surface area contributed by atoms with Crippen molar-refractivity contribution < 1.29 is 19.1 Å². The van der Waals surface area contributed by atoms with Crippen molar-refractivity contribution in [1.82, 2.24) is 10.9 Å². The first-order valence-corrected chi connectivity index (χ1v) is 9.76. The summed E-state index contributed by atoms with van der Waals surface area (Å²) in [6.07, 6.45) is 0.910. The Hall–Kier alpha value is -3.80. The van der Waals surface area contributed by atoms with Crippen molar-refractivity contribution in [2.45, 2.75) is 13.3 Å². The van der Waals surface area contributed by atoms with Crippen LogP contribution in [0.1, 0.15) is 23.7 Å². The molecule has 3 aromatic carbocycles. The molecule has 3 aromatic rings. The second-order valence-electron chi connectivity index (χ2n) is 6.55. The zero-order valence-corrected chi connectivity index (χ0v) is 16.8. The molecule has 0 spiro atoms. The zero-order chi connectivity index (χ0) is 21.2. The van der Waals surface area contributed by atoms with E-state index in [-0.39, 0.29) is 6.61 Å². The Kier molecular flexibility index (Phi) is 7.44. The first-order chi connectivity index (χ1) is 14.7. The third-order valence-corrected chi connectivity index (χ3v) is 4.24. The Morgan fingerprint density at radius 1 is 0.733 bits per heavy atom. The molecule has 0 radical (unpaired) electrons. The average molecular weight is 404 g/mol. The predicted octanol–water partition coefficient (Wildman–Crippen LogP) is 3.98. The van der Waals surface area contributed by atoms with Gasteiger partial charge in [0.1, 0.15) is 11.5 Å². The van der Waals surface area contributed by atoms with Gasteiger partial charge in [0.25, 0.3) is 11.8 Å². The van der Waals surface area contributed by atoms with E-state index in [2.05, 4.69) is 10.9 Å². The van der Waals surface area contributed by atoms with E-state index in [1.165, 1.54) is 0 Å². The molecule has 0 aliphatic carbocycles. The van der Waals surface area contributed by atoms with Crippen molar-refractivity contribution in [1.29, 1.82) is 0 Å². The number of hydrogen-bond acceptors (Lipinski definition) is 4. The van der Waals surface area contributed by atoms with E-state index in [9.17, 15) is 9.59 Å². The number of nitrogens with one attached hydrogen (secondary N) is 2. The van der Waals surface area contributed by atoms with Gasteiger partial charge in [-0.2, -0.15) is 0 Å². The number of amides is 2. The summed E-state index contributed by atoms with van der Waals surface area (Å²) < 4.78 is 10.9. The molecule has 0 heterocycles. The van der Waals surface area contributed by atoms with Gasteiger partial charge in [0.15, 0.2) is 6.61 Å². The monoisotopic (exact) mass is 404 g/mol. The summed E-state index contributed by atoms with van der Waals surface area (Å²) in [7, 11) is 0. The normalized spacial score (nSPS) is 10.2. The van der Waals surface area contributed by atoms with Crippen LogP contribution < -0.4 is 20.3 Å². The topological polar surface area (TPSA) is 76.7 Å². The van der Waals surface area contributed by atoms with Crippen LogP contribution in [-0.2, 0) is 4.79 Å². The van der Waals surface area contributed by atoms with Crippen molar-refractivity contribution in [3.63, 3.8) is 0 Å². The van der Waals surface area contributed by atoms with Crippen molar-refractivity contribution in [2.75, 3.05) is 13.2 Å². The Bertz CT molecular complexity index is 955. The molecule has 0 saturated carbocycles. The largest absolute Gasteiger partial charge is 0.494 e. The van der Waals surface area contributed by atoms with E-state index in [1.54, 1.807) is 36.4 Å². The van der Waals surface area contributed by atoms with Gasteiger partial charge in [0.2, 0.25) is 0 Å². The van der Waals surface area contributed by atoms with Gasteiger partial charge >= 0.3 is 0 Å². The van der Waals surface area contributed by atoms with Gasteiger partial charge in [-0.25, -0.2) is 0 Å². The van der Waals surface area contributed by atoms with Gasteiger partial charge in [0.05, 0.1) is 6.61 Å². The van der Waals surface area contributed by atoms with Gasteiger partial charge in [-0.1, -0.05) is 49.4 Å². The maximum Gasteiger partial charge on any atom is 0.276 e. The second-order valence-corrected chi connectivity index (χ2v) is 6.55. The van der Waals surface area contributed by atoms with E-state index < -0.39 is 11.8 Å². The highest BCUT2D eigenvalue weighted by atomic mass is 16.5. The molecule has 6 heteroatoms. The van der Waals surface area contributed by atoms with Gasteiger partial charge in [0, 0.05) is 5.56 Å². The van der Waals surface area contributed by atoms with Crippen molar-refractivity contribution >= 4 is 11.8 Å². The van der Waals surface area contributed by atoms with E-state index in [1.807, 2.05) is 49.4 Å². The highest BCUT2D eigenvalue weighted by molar-refractivity contribution is 5.95. The third-order valence-electron chi connectivity index (χ3n) is 4.24. The number of hydrogen-bond donors (Lipinski definition) is 2. The van der Waals surface area contributed by atoms with Crippen LogP contribution in [0.15, 0.2) is 78.9 Å². The van der Waals surface area contributed by atoms with E-state index in [0.29, 0.717) is 23.7 Å². The minimum atomic E-state index is -0.460. The molecule has 0 unspecified atom stereocenters. The molecule has 0 bridgehead atoms. The summed E-state index contributed by atoms with van der Waals surface area (Å²) in [5.41, 5.74) is 7.29. The summed E-state index contributed by atoms with van der Waals surface area (Å²) in [5.74, 6) is 0.388. The SMILES string of the molecule is CCCOc1ccc(C(=O)NNC(=O)COc2ccc(-c3ccccc3)cc2)cc1. The molecule has 0 fully saturated rings. The minimum absolute atomic E-state index is 0.214. The molecule has 6 nitrogen and oxygen atoms in total. The number of rotatable bonds is 8. The van der Waals surface area contributed by atoms with Crippen molar-refractivity contribution in [3.8, 4) is 22.6 Å². The van der Waals surface area contributed by atoms with Crippen LogP contribution in [0.3, 0.4) is 0 Å². The lowest BCUT2D eigenvalue weighted by atomic mass is 10.1. The van der Waals surface area contributed by atoms with Crippen LogP contribution in [0.4, 0.5) is 0 Å². The molecule has 2 N–H and O–H groups in total. The smallest absolute Gasteiger partial charge is 0.276 e. The second kappa shape index (κ2) is 10.7. The maximum atomic E-state index is 12.1. The van der Waals surface area contributed by atoms with E-state index in [0.717, 1.165) is 17.5 Å². The van der Waals surface area contributed by atoms with E-state index >= 15 is 0 Å². The van der Waals surface area contributed by atoms with Crippen LogP contribution in [0.5, 0.6) is 11.5 Å². The fourth-order valence-electron chi connectivity index (χ4n) is 2.68. The molecule has 154 valence electrons. The van der Waals surface area contributed by atoms with Gasteiger partial charge < -0.3 is 9.47 Å². The summed E-state index contributed by atoms with van der Waals surface area (Å²) >= 11 is 0. The lowest BCUT2D eigenvalue weighted by molar-refractivity contribution is -0.123. The molecule has 30 heavy (non-hydrogen) atoms. The van der Waals surface area contributed by atoms with Crippen LogP contribution in [0.2, 0.25) is 0 Å². The molecule has 0 saturated heterocycles. The quantitative estimate of drug-likeness (QED) is 0.557. The fourth-order valence-corrected chi connectivity index (χ4v) is 2.68. The summed E-state index contributed by atoms with van der Waals surface area (Å²) in [6.45, 7) is 2.43. The molecular formula is C24H24N2O4. The van der Waals surface area contributed by atoms with E-state index in [4.69, 9.17) is 9.47 Å². The number of carbonyl (C=O) groups excluding carboxylic acids is 2. The first-order valence-electron chi connectivity index (χ1n) is 9.76. The third kappa shape index (κ3) is 6.10. The molecular weight excluding hydrogens is 380 g/mol. The Morgan fingerprint density at radius 3 is 2.00 bits per heavy atom. The highest BCUT2D eigenvalue weighted by Gasteiger charge is 2.08. The molecule has 2 amide bonds. The van der Waals surface area contributed by atoms with Crippen molar-refractivity contribution in [2.24, 2.45) is 0 Å². The minimum Gasteiger partial charge on any atom is -0.494 e. The first kappa shape index (κ1) is 20.9. The number of ether oxygens (including phenoxy) is 2. The number of benzene rings is 3. The summed E-state index contributed by atoms with van der Waals surface area (Å²) in [4.78, 5) is 24.1. The Morgan fingerprint density at radius 2 is 1.33 bits per heavy atom. The molecule has 3 rings (SSSR count). The fraction of sp³-hybridized carbons (Fsp3) is 0.167. The highest BCUT2D eigenvalue weighted by Crippen LogP contribution is 2.22. The predicted molar refractivity (Wildman–Crippen MR) is 115 cm³/mol. The van der Waals surface area contributed by atoms with Gasteiger partial charge in [-0.05, 0) is 53.9 Å². The standard InChI is InChI=1S/C24H24N2O4/c1-2-16-29-21-14-10-20(11-15-21)24(28)26-25-23(27)17-30-22-12-8-19(9-13-22)18-6-4-3-5-7-18/h3-15H,2,16-17H2,1H3,(H,25,27)(H,26,28). The van der Waals surface area contributed by atoms with Gasteiger partial charge in [-0.3, -0.25) is 20.4 Å². The zero-order valence-electron chi connectivity index (χ0n) is 16.8. The number of hydrazine groups is 1. The molecule has 0 aromatic heterocycles. The average Bonchev–Trinajstić information content (AvgIpc) is 2.81. The summed E-state index contributed by atoms with van der Waals surface area (Å²) in [5, 5.41) is 0. The van der Waals surface area contributed by atoms with Crippen LogP contribution in [0, 0.1) is 0 Å². The Balaban J connectivity index is 1.43. The number of carbonyl (C=O) groups is 2. The lowest BCUT2D eigenvalue weighted by Crippen LogP contribution is -2.43. The molecule has 0 atom stereocenters. The lowest BCUT2D eigenvalue weighted by Gasteiger charge is -2.10. The maximum absolute atomic E-state index is 12.1. The molecule has 0 aliphatic rings. The van der Waals surface area contributed by atoms with Crippen molar-refractivity contribution in [3.05, 3.63) is 84.4 Å². The Labute approximate surface area is 175 Å². The van der Waals surface area contributed by atoms with Crippen LogP contribution >= 0.6 is 0 Å². The van der Waals surface area contributed by atoms with Gasteiger partial charge in [-0.15, -0.1) is 0 Å².